The number of rotatable bonds is 6. The Morgan fingerprint density at radius 1 is 0.648 bits per heavy atom. The van der Waals surface area contributed by atoms with E-state index in [-0.39, 0.29) is 68.7 Å². The van der Waals surface area contributed by atoms with E-state index in [2.05, 4.69) is 135 Å². The summed E-state index contributed by atoms with van der Waals surface area (Å²) in [7, 11) is 5.97. The lowest BCUT2D eigenvalue weighted by Crippen LogP contribution is -2.30. The minimum atomic E-state index is -3.61. The molecule has 0 atom stereocenters. The topological polar surface area (TPSA) is 293 Å². The Morgan fingerprint density at radius 3 is 1.20 bits per heavy atom. The van der Waals surface area contributed by atoms with Crippen molar-refractivity contribution in [1.82, 2.24) is 49.9 Å². The van der Waals surface area contributed by atoms with Gasteiger partial charge in [-0.25, -0.2) is 42.9 Å². The van der Waals surface area contributed by atoms with Crippen molar-refractivity contribution in [3.05, 3.63) is 103 Å². The van der Waals surface area contributed by atoms with E-state index in [0.717, 1.165) is 19.5 Å². The normalized spacial score (nSPS) is 9.06. The molecule has 0 saturated heterocycles. The number of halogens is 9. The van der Waals surface area contributed by atoms with Crippen molar-refractivity contribution in [2.24, 2.45) is 5.73 Å². The maximum atomic E-state index is 11.2. The predicted molar refractivity (Wildman–Crippen MR) is 307 cm³/mol. The molecule has 0 fully saturated rings. The Morgan fingerprint density at radius 2 is 0.972 bits per heavy atom. The van der Waals surface area contributed by atoms with Gasteiger partial charge in [-0.2, -0.15) is 15.0 Å². The lowest BCUT2D eigenvalue weighted by atomic mass is 10.2. The molecule has 0 spiro atoms. The fourth-order valence-electron chi connectivity index (χ4n) is 3.10. The molecule has 0 aliphatic carbocycles. The fraction of sp³-hybridized carbons (Fsp3) is 0.378. The minimum absolute atomic E-state index is 0. The van der Waals surface area contributed by atoms with Crippen LogP contribution >= 0.6 is 122 Å². The molecule has 71 heavy (non-hydrogen) atoms. The number of benzene rings is 1. The van der Waals surface area contributed by atoms with E-state index in [1.54, 1.807) is 39.7 Å². The predicted octanol–water partition coefficient (Wildman–Crippen LogP) is 10.5. The van der Waals surface area contributed by atoms with Gasteiger partial charge in [0.2, 0.25) is 31.2 Å². The molecule has 34 heteroatoms. The van der Waals surface area contributed by atoms with E-state index in [4.69, 9.17) is 62.7 Å². The third kappa shape index (κ3) is 39.2. The van der Waals surface area contributed by atoms with Gasteiger partial charge in [-0.3, -0.25) is 10.1 Å². The number of nitrogens with two attached hydrogens (primary N) is 1. The van der Waals surface area contributed by atoms with Crippen molar-refractivity contribution in [3.8, 4) is 0 Å². The molecule has 5 aromatic rings. The number of nitro groups is 1. The number of sulfonamides is 1. The molecule has 7 N–H and O–H groups in total. The van der Waals surface area contributed by atoms with E-state index in [0.29, 0.717) is 27.1 Å². The number of nitrogens with zero attached hydrogens (tertiary/aromatic N) is 9. The summed E-state index contributed by atoms with van der Waals surface area (Å²) >= 11 is 40.3. The van der Waals surface area contributed by atoms with E-state index < -0.39 is 14.9 Å². The van der Waals surface area contributed by atoms with Crippen molar-refractivity contribution in [1.29, 1.82) is 0 Å². The molecular weight excluding hydrogens is 1310 g/mol. The standard InChI is InChI=1S/C7H8N2O4S.C6H13NO2.3C5H5BrClN3.C4HBrCl2N2.2C2H6.CH5N.3B/c1-8-14(12,13)7-4-2-3-6(5-7)9(10)11;1-6(2,3)9-5(8)7-4;3*1-8-4-3(6)2-9-5(7)10-4;5-2-1-8-4(7)9-3(2)6;3*1-2;;;/h2-5,8H,1H3;1-4H3,(H,7,8);3*2H,1H3,(H,8,9,10);1H;2*1-2H3;2H2,1H3;;;. The molecule has 0 aliphatic rings. The highest BCUT2D eigenvalue weighted by Crippen LogP contribution is 2.22. The van der Waals surface area contributed by atoms with E-state index in [1.165, 1.54) is 45.5 Å². The van der Waals surface area contributed by atoms with Crippen LogP contribution < -0.4 is 31.7 Å². The Hall–Kier alpha value is -2.96. The molecule has 21 nitrogen and oxygen atoms in total. The molecule has 4 heterocycles. The van der Waals surface area contributed by atoms with Crippen LogP contribution in [0.25, 0.3) is 0 Å². The number of carbonyl (C=O) groups is 1. The van der Waals surface area contributed by atoms with Crippen LogP contribution in [0.3, 0.4) is 0 Å². The molecule has 0 aliphatic heterocycles. The summed E-state index contributed by atoms with van der Waals surface area (Å²) in [5, 5.41) is 22.5. The number of anilines is 3. The molecule has 1 amide bonds. The van der Waals surface area contributed by atoms with Gasteiger partial charge in [0.1, 0.15) is 28.2 Å². The number of ether oxygens (including phenoxy) is 1. The largest absolute Gasteiger partial charge is 0.444 e. The van der Waals surface area contributed by atoms with Gasteiger partial charge in [-0.05, 0) is 151 Å². The molecule has 0 unspecified atom stereocenters. The van der Waals surface area contributed by atoms with Gasteiger partial charge in [0.15, 0.2) is 0 Å². The summed E-state index contributed by atoms with van der Waals surface area (Å²) in [6, 6.07) is 4.85. The SMILES string of the molecule is CC.CC.CN.CNC(=O)OC(C)(C)C.CNS(=O)(=O)c1cccc([N+](=O)[O-])c1.CNc1nc(Cl)ncc1Br.CNc1nc(Cl)ncc1Br.CNc1nc(Cl)ncc1Br.Clc1ncc(Br)c(Cl)n1.[B].[B].[B]. The number of alkyl carbamates (subject to hydrolysis) is 1. The van der Waals surface area contributed by atoms with Gasteiger partial charge in [0.05, 0.1) is 27.7 Å². The van der Waals surface area contributed by atoms with Crippen LogP contribution in [0, 0.1) is 10.1 Å². The number of hydrogen-bond donors (Lipinski definition) is 6. The van der Waals surface area contributed by atoms with Crippen LogP contribution in [0.15, 0.2) is 71.8 Å². The number of non-ortho nitro benzene ring substituents is 1. The summed E-state index contributed by atoms with van der Waals surface area (Å²) < 4.78 is 32.5. The second-order valence-electron chi connectivity index (χ2n) is 11.2. The minimum Gasteiger partial charge on any atom is -0.444 e. The van der Waals surface area contributed by atoms with Gasteiger partial charge < -0.3 is 31.7 Å². The van der Waals surface area contributed by atoms with Gasteiger partial charge in [-0.15, -0.1) is 0 Å². The lowest BCUT2D eigenvalue weighted by molar-refractivity contribution is -0.385. The maximum Gasteiger partial charge on any atom is 0.407 e. The van der Waals surface area contributed by atoms with Crippen LogP contribution in [0.2, 0.25) is 26.3 Å². The number of nitrogens with one attached hydrogen (secondary N) is 5. The molecule has 391 valence electrons. The second-order valence-corrected chi connectivity index (χ2v) is 18.3. The van der Waals surface area contributed by atoms with Crippen molar-refractivity contribution in [2.45, 2.75) is 59.0 Å². The molecule has 1 aromatic carbocycles. The van der Waals surface area contributed by atoms with Gasteiger partial charge >= 0.3 is 6.09 Å². The highest BCUT2D eigenvalue weighted by molar-refractivity contribution is 9.11. The summed E-state index contributed by atoms with van der Waals surface area (Å²) in [5.74, 6) is 2.08. The van der Waals surface area contributed by atoms with E-state index in [9.17, 15) is 23.3 Å². The monoisotopic (exact) mass is 1360 g/mol. The second kappa shape index (κ2) is 46.8. The average Bonchev–Trinajstić information content (AvgIpc) is 3.32. The highest BCUT2D eigenvalue weighted by Gasteiger charge is 2.15. The first-order valence-electron chi connectivity index (χ1n) is 18.9. The Balaban J connectivity index is -0.000000135. The molecule has 5 rings (SSSR count). The van der Waals surface area contributed by atoms with Crippen molar-refractivity contribution in [2.75, 3.05) is 58.2 Å². The Labute approximate surface area is 481 Å². The zero-order chi connectivity index (χ0) is 53.8. The van der Waals surface area contributed by atoms with E-state index in [1.807, 2.05) is 48.5 Å². The molecule has 4 aromatic heterocycles. The quantitative estimate of drug-likeness (QED) is 0.0303. The van der Waals surface area contributed by atoms with Crippen LogP contribution in [0.4, 0.5) is 27.9 Å². The Bertz CT molecular complexity index is 2230. The molecule has 9 radical (unpaired) electrons. The number of carbonyl (C=O) groups excluding carboxylic acids is 1. The third-order valence-corrected chi connectivity index (χ3v) is 10.7. The zero-order valence-corrected chi connectivity index (χ0v) is 51.7. The van der Waals surface area contributed by atoms with Crippen molar-refractivity contribution >= 4 is 186 Å². The first kappa shape index (κ1) is 82.1. The third-order valence-electron chi connectivity index (χ3n) is 5.74. The number of nitro benzene ring substituents is 1. The summed E-state index contributed by atoms with van der Waals surface area (Å²) in [5.41, 5.74) is 3.86. The maximum absolute atomic E-state index is 11.2. The zero-order valence-electron chi connectivity index (χ0n) is 40.7. The number of hydrogen-bond acceptors (Lipinski definition) is 18. The first-order valence-corrected chi connectivity index (χ1v) is 25.5. The molecule has 0 bridgehead atoms. The smallest absolute Gasteiger partial charge is 0.407 e. The number of aromatic nitrogens is 8. The lowest BCUT2D eigenvalue weighted by Gasteiger charge is -2.18. The summed E-state index contributed by atoms with van der Waals surface area (Å²) in [4.78, 5) is 50.3. The van der Waals surface area contributed by atoms with Gasteiger partial charge in [-0.1, -0.05) is 45.4 Å². The fourth-order valence-corrected chi connectivity index (χ4v) is 5.93. The van der Waals surface area contributed by atoms with E-state index >= 15 is 0 Å². The Kier molecular flexibility index (Phi) is 54.1. The van der Waals surface area contributed by atoms with Crippen LogP contribution in [-0.2, 0) is 14.8 Å². The first-order chi connectivity index (χ1) is 31.8. The van der Waals surface area contributed by atoms with Crippen LogP contribution in [0.1, 0.15) is 48.5 Å². The van der Waals surface area contributed by atoms with Gasteiger partial charge in [0, 0.05) is 90.3 Å². The molecular formula is C37H54B3Br4Cl5N15O6S. The summed E-state index contributed by atoms with van der Waals surface area (Å²) in [6.07, 6.45) is 5.91. The number of amides is 1. The van der Waals surface area contributed by atoms with Crippen molar-refractivity contribution < 1.29 is 22.9 Å². The highest BCUT2D eigenvalue weighted by atomic mass is 79.9. The van der Waals surface area contributed by atoms with Gasteiger partial charge in [0.25, 0.3) is 5.69 Å². The van der Waals surface area contributed by atoms with Crippen LogP contribution in [-0.4, -0.2) is 132 Å². The summed E-state index contributed by atoms with van der Waals surface area (Å²) in [6.45, 7) is 13.5. The van der Waals surface area contributed by atoms with Crippen LogP contribution in [0.5, 0.6) is 0 Å². The van der Waals surface area contributed by atoms with Crippen molar-refractivity contribution in [3.63, 3.8) is 0 Å². The average molecular weight is 1370 g/mol. The molecule has 0 saturated carbocycles.